The van der Waals surface area contributed by atoms with E-state index < -0.39 is 0 Å². The number of nitrogens with zero attached hydrogens (tertiary/aromatic N) is 2. The second-order valence-corrected chi connectivity index (χ2v) is 12.5. The molecule has 0 atom stereocenters. The van der Waals surface area contributed by atoms with Crippen LogP contribution in [0.25, 0.3) is 0 Å². The maximum atomic E-state index is 11.1. The normalized spacial score (nSPS) is 17.6. The molecule has 3 aliphatic rings. The summed E-state index contributed by atoms with van der Waals surface area (Å²) < 4.78 is 9.18. The third-order valence-corrected chi connectivity index (χ3v) is 9.16. The van der Waals surface area contributed by atoms with E-state index in [9.17, 15) is 24.0 Å². The number of carbonyl (C=O) groups is 5. The number of ether oxygens (including phenoxy) is 2. The van der Waals surface area contributed by atoms with E-state index in [0.29, 0.717) is 31.1 Å². The summed E-state index contributed by atoms with van der Waals surface area (Å²) in [7, 11) is 2.88. The molecule has 0 radical (unpaired) electrons. The van der Waals surface area contributed by atoms with Gasteiger partial charge >= 0.3 is 11.9 Å². The van der Waals surface area contributed by atoms with Crippen molar-refractivity contribution in [3.05, 3.63) is 0 Å². The van der Waals surface area contributed by atoms with Gasteiger partial charge in [-0.15, -0.1) is 0 Å². The van der Waals surface area contributed by atoms with Crippen LogP contribution in [-0.2, 0) is 33.4 Å². The third kappa shape index (κ3) is 19.4. The topological polar surface area (TPSA) is 155 Å². The second-order valence-electron chi connectivity index (χ2n) is 12.5. The van der Waals surface area contributed by atoms with Gasteiger partial charge in [0.05, 0.1) is 14.2 Å². The average Bonchev–Trinajstić information content (AvgIpc) is 3.06. The van der Waals surface area contributed by atoms with Crippen molar-refractivity contribution in [2.45, 2.75) is 110 Å². The van der Waals surface area contributed by atoms with E-state index in [4.69, 9.17) is 5.21 Å². The summed E-state index contributed by atoms with van der Waals surface area (Å²) >= 11 is 0. The molecule has 0 bridgehead atoms. The number of hydrogen-bond donors (Lipinski definition) is 3. The zero-order valence-corrected chi connectivity index (χ0v) is 28.3. The number of hydrogen-bond acceptors (Lipinski definition) is 9. The van der Waals surface area contributed by atoms with Gasteiger partial charge in [0.1, 0.15) is 0 Å². The molecule has 12 heteroatoms. The molecule has 12 nitrogen and oxygen atoms in total. The molecule has 260 valence electrons. The van der Waals surface area contributed by atoms with Gasteiger partial charge < -0.3 is 24.6 Å². The molecule has 3 aliphatic heterocycles. The van der Waals surface area contributed by atoms with Crippen molar-refractivity contribution in [1.29, 1.82) is 0 Å². The average molecular weight is 641 g/mol. The molecule has 0 saturated carbocycles. The molecular weight excluding hydrogens is 580 g/mol. The Hall–Kier alpha value is -2.73. The van der Waals surface area contributed by atoms with E-state index in [1.54, 1.807) is 19.3 Å². The Morgan fingerprint density at radius 2 is 1.00 bits per heavy atom. The third-order valence-electron chi connectivity index (χ3n) is 9.16. The summed E-state index contributed by atoms with van der Waals surface area (Å²) in [5, 5.41) is 11.7. The van der Waals surface area contributed by atoms with Gasteiger partial charge in [0.25, 0.3) is 0 Å². The van der Waals surface area contributed by atoms with Gasteiger partial charge in [-0.3, -0.25) is 29.2 Å². The van der Waals surface area contributed by atoms with Crippen LogP contribution in [0.4, 0.5) is 0 Å². The van der Waals surface area contributed by atoms with Crippen LogP contribution < -0.4 is 10.8 Å². The first kappa shape index (κ1) is 40.3. The minimum atomic E-state index is -0.318. The fourth-order valence-electron chi connectivity index (χ4n) is 6.12. The maximum absolute atomic E-state index is 11.1. The van der Waals surface area contributed by atoms with Crippen LogP contribution in [0.1, 0.15) is 110 Å². The summed E-state index contributed by atoms with van der Waals surface area (Å²) in [5.41, 5.74) is 1.63. The summed E-state index contributed by atoms with van der Waals surface area (Å²) in [5.74, 6) is 1.91. The number of hydroxylamine groups is 1. The number of likely N-dealkylation sites (tertiary alicyclic amines) is 2. The Labute approximate surface area is 270 Å². The number of esters is 2. The molecule has 3 amide bonds. The van der Waals surface area contributed by atoms with Crippen LogP contribution in [0.3, 0.4) is 0 Å². The first-order chi connectivity index (χ1) is 21.6. The lowest BCUT2D eigenvalue weighted by atomic mass is 9.91. The molecule has 3 heterocycles. The predicted octanol–water partition coefficient (Wildman–Crippen LogP) is 3.84. The van der Waals surface area contributed by atoms with Gasteiger partial charge in [-0.1, -0.05) is 0 Å². The Balaban J connectivity index is 0.000000340. The molecule has 3 N–H and O–H groups in total. The van der Waals surface area contributed by atoms with Crippen LogP contribution >= 0.6 is 0 Å². The van der Waals surface area contributed by atoms with Crippen molar-refractivity contribution >= 4 is 29.7 Å². The lowest BCUT2D eigenvalue weighted by Gasteiger charge is -2.31. The van der Waals surface area contributed by atoms with Crippen molar-refractivity contribution in [3.8, 4) is 0 Å². The van der Waals surface area contributed by atoms with Crippen molar-refractivity contribution < 1.29 is 38.7 Å². The summed E-state index contributed by atoms with van der Waals surface area (Å²) in [6, 6.07) is 0. The minimum absolute atomic E-state index is 0.0751. The molecule has 3 saturated heterocycles. The van der Waals surface area contributed by atoms with Gasteiger partial charge in [-0.2, -0.15) is 0 Å². The fourth-order valence-corrected chi connectivity index (χ4v) is 6.12. The summed E-state index contributed by atoms with van der Waals surface area (Å²) in [6.45, 7) is 8.93. The number of amides is 3. The summed E-state index contributed by atoms with van der Waals surface area (Å²) in [4.78, 5) is 58.5. The smallest absolute Gasteiger partial charge is 0.305 e. The van der Waals surface area contributed by atoms with Gasteiger partial charge in [-0.25, -0.2) is 5.48 Å². The quantitative estimate of drug-likeness (QED) is 0.164. The van der Waals surface area contributed by atoms with E-state index in [1.807, 2.05) is 9.80 Å². The Morgan fingerprint density at radius 3 is 1.33 bits per heavy atom. The highest BCUT2D eigenvalue weighted by molar-refractivity contribution is 5.74. The molecule has 0 unspecified atom stereocenters. The molecule has 3 fully saturated rings. The minimum Gasteiger partial charge on any atom is -0.469 e. The Morgan fingerprint density at radius 1 is 0.644 bits per heavy atom. The Kier molecular flexibility index (Phi) is 21.9. The molecule has 0 aromatic carbocycles. The zero-order chi connectivity index (χ0) is 33.5. The SMILES string of the molecule is CC(=O)N1CCC(CCCC(=O)NO)CC1.COC(=O)CCCC1CCN(C(C)=O)CC1.COC(=O)CCCC1CCNCC1. The molecule has 0 aromatic rings. The molecule has 0 aromatic heterocycles. The van der Waals surface area contributed by atoms with Crippen LogP contribution in [-0.4, -0.2) is 98.2 Å². The van der Waals surface area contributed by atoms with Crippen LogP contribution in [0, 0.1) is 17.8 Å². The van der Waals surface area contributed by atoms with Crippen LogP contribution in [0.15, 0.2) is 0 Å². The highest BCUT2D eigenvalue weighted by Gasteiger charge is 2.21. The zero-order valence-electron chi connectivity index (χ0n) is 28.3. The van der Waals surface area contributed by atoms with E-state index in [-0.39, 0.29) is 29.7 Å². The monoisotopic (exact) mass is 640 g/mol. The second kappa shape index (κ2) is 24.5. The fraction of sp³-hybridized carbons (Fsp3) is 0.848. The van der Waals surface area contributed by atoms with E-state index in [1.165, 1.54) is 33.5 Å². The standard InChI is InChI=1S/C12H21NO3.C11H20N2O3.C10H19NO2/c1-10(14)13-8-6-11(7-9-13)4-3-5-12(15)16-2;1-9(14)13-7-5-10(6-8-13)3-2-4-11(15)12-16;1-13-10(12)4-2-3-9-5-7-11-8-6-9/h11H,3-9H2,1-2H3;10,16H,2-8H2,1H3,(H,12,15);9,11H,2-8H2,1H3. The van der Waals surface area contributed by atoms with Crippen molar-refractivity contribution in [3.63, 3.8) is 0 Å². The Bertz CT molecular complexity index is 813. The molecular formula is C33H60N4O8. The molecule has 0 aliphatic carbocycles. The van der Waals surface area contributed by atoms with E-state index >= 15 is 0 Å². The first-order valence-corrected chi connectivity index (χ1v) is 16.9. The number of methoxy groups -OCH3 is 2. The van der Waals surface area contributed by atoms with Crippen molar-refractivity contribution in [1.82, 2.24) is 20.6 Å². The lowest BCUT2D eigenvalue weighted by Crippen LogP contribution is -2.37. The lowest BCUT2D eigenvalue weighted by molar-refractivity contribution is -0.141. The van der Waals surface area contributed by atoms with Gasteiger partial charge in [0, 0.05) is 59.3 Å². The largest absolute Gasteiger partial charge is 0.469 e. The number of nitrogens with one attached hydrogen (secondary N) is 2. The van der Waals surface area contributed by atoms with E-state index in [2.05, 4.69) is 14.8 Å². The molecule has 0 spiro atoms. The van der Waals surface area contributed by atoms with Crippen LogP contribution in [0.5, 0.6) is 0 Å². The molecule has 45 heavy (non-hydrogen) atoms. The summed E-state index contributed by atoms with van der Waals surface area (Å²) in [6.07, 6.45) is 14.1. The van der Waals surface area contributed by atoms with Crippen LogP contribution in [0.2, 0.25) is 0 Å². The number of rotatable bonds is 12. The predicted molar refractivity (Wildman–Crippen MR) is 171 cm³/mol. The van der Waals surface area contributed by atoms with E-state index in [0.717, 1.165) is 103 Å². The number of carbonyl (C=O) groups excluding carboxylic acids is 5. The maximum Gasteiger partial charge on any atom is 0.305 e. The number of piperidine rings is 3. The first-order valence-electron chi connectivity index (χ1n) is 16.9. The van der Waals surface area contributed by atoms with Gasteiger partial charge in [-0.05, 0) is 108 Å². The highest BCUT2D eigenvalue weighted by Crippen LogP contribution is 2.23. The van der Waals surface area contributed by atoms with Crippen molar-refractivity contribution in [2.24, 2.45) is 17.8 Å². The van der Waals surface area contributed by atoms with Gasteiger partial charge in [0.2, 0.25) is 17.7 Å². The van der Waals surface area contributed by atoms with Gasteiger partial charge in [0.15, 0.2) is 0 Å². The molecule has 3 rings (SSSR count). The van der Waals surface area contributed by atoms with Crippen molar-refractivity contribution in [2.75, 3.05) is 53.5 Å². The highest BCUT2D eigenvalue weighted by atomic mass is 16.5.